The number of hydrogen-bond donors (Lipinski definition) is 2. The summed E-state index contributed by atoms with van der Waals surface area (Å²) in [7, 11) is 3.63. The van der Waals surface area contributed by atoms with Crippen molar-refractivity contribution < 1.29 is 19.1 Å². The molecule has 1 aliphatic heterocycles. The topological polar surface area (TPSA) is 116 Å². The first-order chi connectivity index (χ1) is 20.3. The number of anilines is 3. The molecule has 2 aromatic carbocycles. The zero-order chi connectivity index (χ0) is 29.4. The molecule has 4 aromatic rings. The van der Waals surface area contributed by atoms with Gasteiger partial charge in [-0.3, -0.25) is 14.5 Å². The second-order valence-corrected chi connectivity index (χ2v) is 11.6. The van der Waals surface area contributed by atoms with E-state index in [-0.39, 0.29) is 30.4 Å². The Balaban J connectivity index is 1.29. The molecular weight excluding hydrogens is 552 g/mol. The Morgan fingerprint density at radius 2 is 1.95 bits per heavy atom. The van der Waals surface area contributed by atoms with Gasteiger partial charge in [0.1, 0.15) is 21.2 Å². The molecule has 214 valence electrons. The van der Waals surface area contributed by atoms with Crippen molar-refractivity contribution in [3.8, 4) is 11.5 Å². The van der Waals surface area contributed by atoms with E-state index in [1.54, 1.807) is 22.1 Å². The molecule has 2 aliphatic rings. The van der Waals surface area contributed by atoms with Gasteiger partial charge >= 0.3 is 6.03 Å². The number of aromatic nitrogens is 1. The molecule has 0 radical (unpaired) electrons. The molecule has 1 atom stereocenters. The van der Waals surface area contributed by atoms with Crippen molar-refractivity contribution in [3.05, 3.63) is 71.2 Å². The number of para-hydroxylation sites is 1. The summed E-state index contributed by atoms with van der Waals surface area (Å²) in [5, 5.41) is 6.70. The van der Waals surface area contributed by atoms with E-state index in [1.807, 2.05) is 69.6 Å². The van der Waals surface area contributed by atoms with Gasteiger partial charge in [0, 0.05) is 11.9 Å². The zero-order valence-corrected chi connectivity index (χ0v) is 24.3. The molecule has 11 heteroatoms. The lowest BCUT2D eigenvalue weighted by molar-refractivity contribution is -0.118. The molecule has 0 bridgehead atoms. The highest BCUT2D eigenvalue weighted by molar-refractivity contribution is 7.21. The summed E-state index contributed by atoms with van der Waals surface area (Å²) in [6.45, 7) is 2.13. The minimum absolute atomic E-state index is 0.212. The number of likely N-dealkylation sites (N-methyl/N-ethyl adjacent to an activating group) is 1. The van der Waals surface area contributed by atoms with Crippen LogP contribution < -0.4 is 20.3 Å². The first-order valence-corrected chi connectivity index (χ1v) is 14.5. The maximum absolute atomic E-state index is 13.6. The number of aliphatic imine (C=N–C) groups is 1. The first kappa shape index (κ1) is 27.6. The number of nitrogens with zero attached hydrogens (tertiary/aromatic N) is 4. The molecule has 6 rings (SSSR count). The Hall–Kier alpha value is -4.61. The molecule has 4 amide bonds. The summed E-state index contributed by atoms with van der Waals surface area (Å²) in [6.07, 6.45) is 3.85. The van der Waals surface area contributed by atoms with Crippen LogP contribution in [0.25, 0.3) is 10.2 Å². The zero-order valence-electron chi connectivity index (χ0n) is 23.5. The van der Waals surface area contributed by atoms with Crippen LogP contribution >= 0.6 is 11.3 Å². The van der Waals surface area contributed by atoms with Gasteiger partial charge in [-0.25, -0.2) is 14.8 Å². The van der Waals surface area contributed by atoms with E-state index in [4.69, 9.17) is 4.74 Å². The van der Waals surface area contributed by atoms with Gasteiger partial charge in [0.2, 0.25) is 0 Å². The van der Waals surface area contributed by atoms with Crippen molar-refractivity contribution >= 4 is 62.2 Å². The molecule has 3 heterocycles. The third-order valence-corrected chi connectivity index (χ3v) is 8.29. The fraction of sp³-hybridized carbons (Fsp3) is 0.258. The third-order valence-electron chi connectivity index (χ3n) is 7.19. The smallest absolute Gasteiger partial charge is 0.331 e. The summed E-state index contributed by atoms with van der Waals surface area (Å²) in [4.78, 5) is 52.5. The van der Waals surface area contributed by atoms with Crippen molar-refractivity contribution in [2.75, 3.05) is 30.9 Å². The van der Waals surface area contributed by atoms with Crippen LogP contribution in [0.2, 0.25) is 0 Å². The molecule has 0 unspecified atom stereocenters. The van der Waals surface area contributed by atoms with Gasteiger partial charge in [0.25, 0.3) is 11.8 Å². The molecule has 42 heavy (non-hydrogen) atoms. The molecule has 2 aromatic heterocycles. The summed E-state index contributed by atoms with van der Waals surface area (Å²) < 4.78 is 5.97. The Morgan fingerprint density at radius 1 is 1.14 bits per heavy atom. The fourth-order valence-corrected chi connectivity index (χ4v) is 6.38. The standard InChI is InChI=1S/C31H30N6O4S/c1-18-16-20(41-19-8-5-4-6-9-19)12-13-23(18)37-24-14-15-32-30-26(24)27(35-31(37)40)28(42-30)29(39)34-22-11-7-10-21(22)33-25(38)17-36(2)3/h4-6,8-9,12-16,22H,7,10-11,17H2,1-3H3,(H,34,39)(H,35,40)/t22-/m1/s1. The van der Waals surface area contributed by atoms with Crippen molar-refractivity contribution in [1.82, 2.24) is 15.2 Å². The lowest BCUT2D eigenvalue weighted by Crippen LogP contribution is -2.39. The predicted octanol–water partition coefficient (Wildman–Crippen LogP) is 5.89. The van der Waals surface area contributed by atoms with E-state index >= 15 is 0 Å². The molecule has 0 saturated heterocycles. The number of ether oxygens (including phenoxy) is 1. The number of nitrogens with one attached hydrogen (secondary N) is 2. The van der Waals surface area contributed by atoms with Crippen LogP contribution in [0.1, 0.15) is 34.5 Å². The van der Waals surface area contributed by atoms with Gasteiger partial charge in [-0.2, -0.15) is 0 Å². The monoisotopic (exact) mass is 582 g/mol. The SMILES string of the molecule is Cc1cc(Oc2ccccc2)ccc1N1C(=O)Nc2c(C(=O)N[C@@H]3CCCC3=NC(=O)CN(C)C)sc3nccc1c23. The molecule has 1 aliphatic carbocycles. The lowest BCUT2D eigenvalue weighted by Gasteiger charge is -2.29. The molecular formula is C31H30N6O4S. The van der Waals surface area contributed by atoms with Gasteiger partial charge in [0.05, 0.1) is 35.0 Å². The molecule has 0 spiro atoms. The lowest BCUT2D eigenvalue weighted by atomic mass is 10.1. The number of carbonyl (C=O) groups excluding carboxylic acids is 3. The second-order valence-electron chi connectivity index (χ2n) is 10.6. The number of hydrogen-bond acceptors (Lipinski definition) is 7. The van der Waals surface area contributed by atoms with Crippen LogP contribution in [0.4, 0.5) is 21.9 Å². The number of thiophene rings is 1. The number of rotatable bonds is 7. The highest BCUT2D eigenvalue weighted by Gasteiger charge is 2.34. The first-order valence-electron chi connectivity index (χ1n) is 13.7. The molecule has 2 N–H and O–H groups in total. The van der Waals surface area contributed by atoms with Gasteiger partial charge in [-0.1, -0.05) is 18.2 Å². The van der Waals surface area contributed by atoms with Crippen molar-refractivity contribution in [3.63, 3.8) is 0 Å². The van der Waals surface area contributed by atoms with Crippen molar-refractivity contribution in [1.29, 1.82) is 0 Å². The number of amides is 4. The van der Waals surface area contributed by atoms with Gasteiger partial charge in [0.15, 0.2) is 0 Å². The van der Waals surface area contributed by atoms with E-state index in [1.165, 1.54) is 11.3 Å². The van der Waals surface area contributed by atoms with Crippen LogP contribution in [0, 0.1) is 6.92 Å². The van der Waals surface area contributed by atoms with E-state index in [0.29, 0.717) is 56.5 Å². The average molecular weight is 583 g/mol. The summed E-state index contributed by atoms with van der Waals surface area (Å²) >= 11 is 1.23. The minimum atomic E-state index is -0.375. The van der Waals surface area contributed by atoms with Crippen LogP contribution in [0.3, 0.4) is 0 Å². The quantitative estimate of drug-likeness (QED) is 0.281. The van der Waals surface area contributed by atoms with Crippen molar-refractivity contribution in [2.45, 2.75) is 32.2 Å². The molecule has 10 nitrogen and oxygen atoms in total. The van der Waals surface area contributed by atoms with E-state index in [9.17, 15) is 14.4 Å². The molecule has 1 saturated carbocycles. The number of carbonyl (C=O) groups is 3. The summed E-state index contributed by atoms with van der Waals surface area (Å²) in [6, 6.07) is 16.1. The maximum atomic E-state index is 13.6. The van der Waals surface area contributed by atoms with Crippen molar-refractivity contribution in [2.24, 2.45) is 4.99 Å². The number of urea groups is 1. The van der Waals surface area contributed by atoms with Crippen LogP contribution in [-0.4, -0.2) is 60.1 Å². The Morgan fingerprint density at radius 3 is 2.71 bits per heavy atom. The fourth-order valence-electron chi connectivity index (χ4n) is 5.36. The van der Waals surface area contributed by atoms with Crippen LogP contribution in [0.15, 0.2) is 65.8 Å². The maximum Gasteiger partial charge on any atom is 0.331 e. The van der Waals surface area contributed by atoms with Gasteiger partial charge in [-0.05, 0) is 82.2 Å². The molecule has 1 fully saturated rings. The van der Waals surface area contributed by atoms with Gasteiger partial charge < -0.3 is 20.3 Å². The number of benzene rings is 2. The third kappa shape index (κ3) is 5.36. The predicted molar refractivity (Wildman–Crippen MR) is 165 cm³/mol. The highest BCUT2D eigenvalue weighted by atomic mass is 32.1. The van der Waals surface area contributed by atoms with E-state index < -0.39 is 0 Å². The normalized spacial score (nSPS) is 17.1. The number of aryl methyl sites for hydroxylation is 1. The summed E-state index contributed by atoms with van der Waals surface area (Å²) in [5.74, 6) is 0.824. The Labute approximate surface area is 247 Å². The van der Waals surface area contributed by atoms with Gasteiger partial charge in [-0.15, -0.1) is 11.3 Å². The number of pyridine rings is 1. The Kier molecular flexibility index (Phi) is 7.44. The van der Waals surface area contributed by atoms with E-state index in [0.717, 1.165) is 17.7 Å². The average Bonchev–Trinajstić information content (AvgIpc) is 3.54. The second kappa shape index (κ2) is 11.3. The largest absolute Gasteiger partial charge is 0.457 e. The van der Waals surface area contributed by atoms with Crippen LogP contribution in [-0.2, 0) is 4.79 Å². The highest BCUT2D eigenvalue weighted by Crippen LogP contribution is 2.46. The summed E-state index contributed by atoms with van der Waals surface area (Å²) in [5.41, 5.74) is 3.31. The van der Waals surface area contributed by atoms with E-state index in [2.05, 4.69) is 20.6 Å². The minimum Gasteiger partial charge on any atom is -0.457 e. The van der Waals surface area contributed by atoms with Crippen LogP contribution in [0.5, 0.6) is 11.5 Å². The Bertz CT molecular complexity index is 1730.